The Labute approximate surface area is 180 Å². The lowest BCUT2D eigenvalue weighted by Gasteiger charge is -2.15. The Morgan fingerprint density at radius 1 is 0.800 bits per heavy atom. The minimum absolute atomic E-state index is 0.228. The summed E-state index contributed by atoms with van der Waals surface area (Å²) >= 11 is 0. The Hall–Kier alpha value is -2.05. The molecule has 0 unspecified atom stereocenters. The Morgan fingerprint density at radius 2 is 1.37 bits per heavy atom. The van der Waals surface area contributed by atoms with Crippen molar-refractivity contribution in [2.45, 2.75) is 82.4 Å². The van der Waals surface area contributed by atoms with Crippen LogP contribution in [-0.2, 0) is 16.5 Å². The first kappa shape index (κ1) is 24.2. The third kappa shape index (κ3) is 8.00. The summed E-state index contributed by atoms with van der Waals surface area (Å²) in [5, 5.41) is 10.2. The summed E-state index contributed by atoms with van der Waals surface area (Å²) in [5.74, 6) is -0.166. The van der Waals surface area contributed by atoms with Crippen LogP contribution in [0.2, 0.25) is 0 Å². The van der Waals surface area contributed by atoms with Gasteiger partial charge in [0.05, 0.1) is 0 Å². The van der Waals surface area contributed by atoms with Gasteiger partial charge in [0.2, 0.25) is 0 Å². The quantitative estimate of drug-likeness (QED) is 0.250. The molecule has 2 aromatic rings. The van der Waals surface area contributed by atoms with E-state index in [0.717, 1.165) is 19.3 Å². The summed E-state index contributed by atoms with van der Waals surface area (Å²) in [4.78, 5) is -0.345. The largest absolute Gasteiger partial charge is 0.504 e. The molecule has 0 heterocycles. The number of para-hydroxylation sites is 1. The van der Waals surface area contributed by atoms with Crippen molar-refractivity contribution in [2.75, 3.05) is 0 Å². The lowest BCUT2D eigenvalue weighted by molar-refractivity contribution is 0.395. The topological polar surface area (TPSA) is 83.8 Å². The molecule has 0 aliphatic heterocycles. The molecule has 0 atom stereocenters. The van der Waals surface area contributed by atoms with Crippen molar-refractivity contribution in [3.05, 3.63) is 48.0 Å². The summed E-state index contributed by atoms with van der Waals surface area (Å²) in [6, 6.07) is 11.6. The Morgan fingerprint density at radius 3 is 1.93 bits per heavy atom. The van der Waals surface area contributed by atoms with E-state index < -0.39 is 10.1 Å². The number of hydrogen-bond acceptors (Lipinski definition) is 4. The van der Waals surface area contributed by atoms with Crippen LogP contribution in [0, 0.1) is 0 Å². The van der Waals surface area contributed by atoms with E-state index in [-0.39, 0.29) is 16.4 Å². The van der Waals surface area contributed by atoms with E-state index in [4.69, 9.17) is 4.74 Å². The lowest BCUT2D eigenvalue weighted by atomic mass is 10.0. The Bertz CT molecular complexity index is 863. The zero-order valence-electron chi connectivity index (χ0n) is 17.8. The number of aryl methyl sites for hydroxylation is 1. The maximum Gasteiger partial charge on any atom is 0.298 e. The normalized spacial score (nSPS) is 11.5. The van der Waals surface area contributed by atoms with Gasteiger partial charge >= 0.3 is 0 Å². The SMILES string of the molecule is CCCCCCCCCCCCc1ccc(O)c(Oc2ccccc2)c1S(=O)(=O)O. The summed E-state index contributed by atoms with van der Waals surface area (Å²) in [6.07, 6.45) is 12.3. The first-order chi connectivity index (χ1) is 14.4. The van der Waals surface area contributed by atoms with Gasteiger partial charge in [0.15, 0.2) is 11.5 Å². The van der Waals surface area contributed by atoms with Crippen LogP contribution >= 0.6 is 0 Å². The average Bonchev–Trinajstić information content (AvgIpc) is 2.71. The van der Waals surface area contributed by atoms with E-state index in [1.165, 1.54) is 51.0 Å². The standard InChI is InChI=1S/C24H34O5S/c1-2-3-4-5-6-7-8-9-10-12-15-20-18-19-22(25)23(24(20)30(26,27)28)29-21-16-13-11-14-17-21/h11,13-14,16-19,25H,2-10,12,15H2,1H3,(H,26,27,28). The smallest absolute Gasteiger partial charge is 0.298 e. The number of phenols is 1. The summed E-state index contributed by atoms with van der Waals surface area (Å²) in [7, 11) is -4.55. The fourth-order valence-electron chi connectivity index (χ4n) is 3.58. The molecule has 0 bridgehead atoms. The van der Waals surface area contributed by atoms with Gasteiger partial charge < -0.3 is 9.84 Å². The van der Waals surface area contributed by atoms with Gasteiger partial charge in [-0.1, -0.05) is 89.0 Å². The highest BCUT2D eigenvalue weighted by Gasteiger charge is 2.25. The van der Waals surface area contributed by atoms with Gasteiger partial charge in [-0.05, 0) is 36.6 Å². The number of rotatable bonds is 14. The van der Waals surface area contributed by atoms with Gasteiger partial charge in [0.1, 0.15) is 10.6 Å². The van der Waals surface area contributed by atoms with Crippen molar-refractivity contribution in [1.82, 2.24) is 0 Å². The van der Waals surface area contributed by atoms with E-state index in [9.17, 15) is 18.1 Å². The van der Waals surface area contributed by atoms with Crippen LogP contribution in [0.1, 0.15) is 76.7 Å². The Kier molecular flexibility index (Phi) is 10.2. The molecule has 0 aliphatic rings. The van der Waals surface area contributed by atoms with E-state index >= 15 is 0 Å². The number of phenolic OH excluding ortho intramolecular Hbond substituents is 1. The molecular formula is C24H34O5S. The number of unbranched alkanes of at least 4 members (excludes halogenated alkanes) is 9. The molecule has 0 aliphatic carbocycles. The van der Waals surface area contributed by atoms with Crippen LogP contribution < -0.4 is 4.74 Å². The Balaban J connectivity index is 1.95. The predicted molar refractivity (Wildman–Crippen MR) is 120 cm³/mol. The minimum Gasteiger partial charge on any atom is -0.504 e. The first-order valence-corrected chi connectivity index (χ1v) is 12.4. The third-order valence-corrected chi connectivity index (χ3v) is 6.16. The van der Waals surface area contributed by atoms with Crippen LogP contribution in [-0.4, -0.2) is 18.1 Å². The maximum atomic E-state index is 12.1. The van der Waals surface area contributed by atoms with E-state index in [1.807, 2.05) is 0 Å². The monoisotopic (exact) mass is 434 g/mol. The molecule has 2 aromatic carbocycles. The molecule has 2 N–H and O–H groups in total. The molecule has 166 valence electrons. The molecule has 30 heavy (non-hydrogen) atoms. The highest BCUT2D eigenvalue weighted by Crippen LogP contribution is 2.39. The lowest BCUT2D eigenvalue weighted by Crippen LogP contribution is -2.06. The summed E-state index contributed by atoms with van der Waals surface area (Å²) < 4.78 is 39.5. The first-order valence-electron chi connectivity index (χ1n) is 11.0. The third-order valence-electron chi connectivity index (χ3n) is 5.19. The second-order valence-corrected chi connectivity index (χ2v) is 9.08. The van der Waals surface area contributed by atoms with Crippen molar-refractivity contribution in [3.63, 3.8) is 0 Å². The van der Waals surface area contributed by atoms with Gasteiger partial charge in [-0.2, -0.15) is 8.42 Å². The highest BCUT2D eigenvalue weighted by molar-refractivity contribution is 7.86. The molecule has 0 saturated heterocycles. The molecule has 0 amide bonds. The van der Waals surface area contributed by atoms with Gasteiger partial charge in [-0.3, -0.25) is 4.55 Å². The molecule has 0 aromatic heterocycles. The second kappa shape index (κ2) is 12.6. The number of benzene rings is 2. The van der Waals surface area contributed by atoms with E-state index in [2.05, 4.69) is 6.92 Å². The second-order valence-electron chi connectivity index (χ2n) is 7.72. The molecular weight excluding hydrogens is 400 g/mol. The molecule has 0 spiro atoms. The maximum absolute atomic E-state index is 12.1. The van der Waals surface area contributed by atoms with Crippen LogP contribution in [0.4, 0.5) is 0 Å². The molecule has 2 rings (SSSR count). The average molecular weight is 435 g/mol. The summed E-state index contributed by atoms with van der Waals surface area (Å²) in [5.41, 5.74) is 0.459. The number of hydrogen-bond donors (Lipinski definition) is 2. The predicted octanol–water partition coefficient (Wildman–Crippen LogP) is 6.89. The fraction of sp³-hybridized carbons (Fsp3) is 0.500. The van der Waals surface area contributed by atoms with Gasteiger partial charge in [0, 0.05) is 0 Å². The highest BCUT2D eigenvalue weighted by atomic mass is 32.2. The van der Waals surface area contributed by atoms with Crippen LogP contribution in [0.5, 0.6) is 17.2 Å². The van der Waals surface area contributed by atoms with Crippen LogP contribution in [0.15, 0.2) is 47.4 Å². The fourth-order valence-corrected chi connectivity index (χ4v) is 4.46. The number of aromatic hydroxyl groups is 1. The van der Waals surface area contributed by atoms with Crippen molar-refractivity contribution >= 4 is 10.1 Å². The van der Waals surface area contributed by atoms with Crippen LogP contribution in [0.25, 0.3) is 0 Å². The summed E-state index contributed by atoms with van der Waals surface area (Å²) in [6.45, 7) is 2.22. The van der Waals surface area contributed by atoms with Crippen LogP contribution in [0.3, 0.4) is 0 Å². The molecule has 0 saturated carbocycles. The number of ether oxygens (including phenoxy) is 1. The van der Waals surface area contributed by atoms with Gasteiger partial charge in [-0.15, -0.1) is 0 Å². The minimum atomic E-state index is -4.55. The zero-order chi connectivity index (χ0) is 21.8. The molecule has 6 heteroatoms. The van der Waals surface area contributed by atoms with Gasteiger partial charge in [-0.25, -0.2) is 0 Å². The van der Waals surface area contributed by atoms with Crippen molar-refractivity contribution in [1.29, 1.82) is 0 Å². The van der Waals surface area contributed by atoms with Crippen molar-refractivity contribution < 1.29 is 22.8 Å². The van der Waals surface area contributed by atoms with E-state index in [0.29, 0.717) is 17.7 Å². The molecule has 0 fully saturated rings. The zero-order valence-corrected chi connectivity index (χ0v) is 18.7. The van der Waals surface area contributed by atoms with E-state index in [1.54, 1.807) is 36.4 Å². The van der Waals surface area contributed by atoms with Gasteiger partial charge in [0.25, 0.3) is 10.1 Å². The van der Waals surface area contributed by atoms with Crippen molar-refractivity contribution in [2.24, 2.45) is 0 Å². The van der Waals surface area contributed by atoms with Crippen molar-refractivity contribution in [3.8, 4) is 17.2 Å². The molecule has 5 nitrogen and oxygen atoms in total. The molecule has 0 radical (unpaired) electrons.